The Bertz CT molecular complexity index is 1390. The van der Waals surface area contributed by atoms with Crippen molar-refractivity contribution in [1.82, 2.24) is 14.9 Å². The van der Waals surface area contributed by atoms with Crippen LogP contribution in [0.3, 0.4) is 0 Å². The summed E-state index contributed by atoms with van der Waals surface area (Å²) in [6.45, 7) is 10.8. The summed E-state index contributed by atoms with van der Waals surface area (Å²) in [5, 5.41) is 4.10. The van der Waals surface area contributed by atoms with Crippen molar-refractivity contribution < 1.29 is 4.39 Å². The molecule has 0 spiro atoms. The van der Waals surface area contributed by atoms with Crippen molar-refractivity contribution >= 4 is 23.0 Å². The van der Waals surface area contributed by atoms with Crippen LogP contribution in [0.25, 0.3) is 5.69 Å². The molecule has 1 aliphatic heterocycles. The molecule has 2 aromatic heterocycles. The second-order valence-electron chi connectivity index (χ2n) is 9.38. The molecule has 0 radical (unpaired) electrons. The van der Waals surface area contributed by atoms with Crippen LogP contribution in [0.4, 0.5) is 10.1 Å². The molecule has 178 valence electrons. The maximum atomic E-state index is 13.8. The first-order valence-corrected chi connectivity index (χ1v) is 12.2. The number of halogens is 1. The van der Waals surface area contributed by atoms with E-state index in [9.17, 15) is 4.39 Å². The molecule has 2 aromatic carbocycles. The summed E-state index contributed by atoms with van der Waals surface area (Å²) in [5.74, 6) is -0.270. The molecular formula is C29H29FN4S. The molecule has 0 amide bonds. The second kappa shape index (κ2) is 8.93. The number of anilines is 1. The van der Waals surface area contributed by atoms with Crippen molar-refractivity contribution in [3.05, 3.63) is 112 Å². The number of benzene rings is 2. The van der Waals surface area contributed by atoms with Gasteiger partial charge in [0.1, 0.15) is 5.82 Å². The van der Waals surface area contributed by atoms with E-state index >= 15 is 0 Å². The standard InChI is InChI=1S/C29H29FN4S/c1-17-14-18(2)27(19(3)15-17)33-20(4)16-24(21(33)5)28-26(25-8-6-7-13-31-25)32-29(35)34(28)23-11-9-22(30)10-12-23/h6-16,26,28H,1-5H3,(H,32,35). The molecule has 4 aromatic rings. The van der Waals surface area contributed by atoms with E-state index in [4.69, 9.17) is 12.2 Å². The number of hydrogen-bond donors (Lipinski definition) is 1. The van der Waals surface area contributed by atoms with Gasteiger partial charge in [-0.25, -0.2) is 4.39 Å². The van der Waals surface area contributed by atoms with Crippen molar-refractivity contribution in [3.63, 3.8) is 0 Å². The van der Waals surface area contributed by atoms with Gasteiger partial charge in [0.15, 0.2) is 5.11 Å². The minimum atomic E-state index is -0.270. The Labute approximate surface area is 211 Å². The van der Waals surface area contributed by atoms with Crippen LogP contribution in [0.5, 0.6) is 0 Å². The average molecular weight is 485 g/mol. The highest BCUT2D eigenvalue weighted by atomic mass is 32.1. The summed E-state index contributed by atoms with van der Waals surface area (Å²) in [4.78, 5) is 6.74. The van der Waals surface area contributed by atoms with E-state index in [2.05, 4.69) is 72.6 Å². The first-order valence-electron chi connectivity index (χ1n) is 11.8. The average Bonchev–Trinajstić information content (AvgIpc) is 3.30. The highest BCUT2D eigenvalue weighted by Crippen LogP contribution is 2.44. The highest BCUT2D eigenvalue weighted by Gasteiger charge is 2.42. The van der Waals surface area contributed by atoms with Crippen LogP contribution >= 0.6 is 12.2 Å². The molecule has 0 aliphatic carbocycles. The number of hydrogen-bond acceptors (Lipinski definition) is 2. The van der Waals surface area contributed by atoms with E-state index < -0.39 is 0 Å². The number of nitrogens with one attached hydrogen (secondary N) is 1. The van der Waals surface area contributed by atoms with Crippen molar-refractivity contribution in [2.24, 2.45) is 0 Å². The van der Waals surface area contributed by atoms with Gasteiger partial charge in [0.05, 0.1) is 23.5 Å². The van der Waals surface area contributed by atoms with Crippen LogP contribution in [0.1, 0.15) is 51.4 Å². The van der Waals surface area contributed by atoms with Crippen LogP contribution in [0, 0.1) is 40.4 Å². The largest absolute Gasteiger partial charge is 0.351 e. The Balaban J connectivity index is 1.71. The minimum absolute atomic E-state index is 0.145. The Hall–Kier alpha value is -3.51. The quantitative estimate of drug-likeness (QED) is 0.326. The molecule has 4 nitrogen and oxygen atoms in total. The molecule has 35 heavy (non-hydrogen) atoms. The fourth-order valence-electron chi connectivity index (χ4n) is 5.51. The van der Waals surface area contributed by atoms with Gasteiger partial charge in [0, 0.05) is 23.3 Å². The topological polar surface area (TPSA) is 33.1 Å². The Kier molecular flexibility index (Phi) is 5.93. The van der Waals surface area contributed by atoms with Crippen molar-refractivity contribution in [2.75, 3.05) is 4.90 Å². The summed E-state index contributed by atoms with van der Waals surface area (Å²) in [5.41, 5.74) is 10.2. The summed E-state index contributed by atoms with van der Waals surface area (Å²) < 4.78 is 16.1. The molecule has 0 saturated carbocycles. The third-order valence-corrected chi connectivity index (χ3v) is 7.17. The van der Waals surface area contributed by atoms with Gasteiger partial charge in [-0.05, 0) is 106 Å². The molecule has 6 heteroatoms. The van der Waals surface area contributed by atoms with E-state index in [1.165, 1.54) is 34.5 Å². The van der Waals surface area contributed by atoms with Gasteiger partial charge in [-0.3, -0.25) is 4.98 Å². The molecule has 2 atom stereocenters. The third kappa shape index (κ3) is 4.02. The van der Waals surface area contributed by atoms with E-state index in [0.29, 0.717) is 5.11 Å². The molecule has 1 saturated heterocycles. The van der Waals surface area contributed by atoms with Gasteiger partial charge in [-0.1, -0.05) is 23.8 Å². The van der Waals surface area contributed by atoms with Crippen molar-refractivity contribution in [1.29, 1.82) is 0 Å². The van der Waals surface area contributed by atoms with Crippen molar-refractivity contribution in [2.45, 2.75) is 46.7 Å². The monoisotopic (exact) mass is 484 g/mol. The molecule has 3 heterocycles. The predicted molar refractivity (Wildman–Crippen MR) is 144 cm³/mol. The van der Waals surface area contributed by atoms with Gasteiger partial charge >= 0.3 is 0 Å². The maximum absolute atomic E-state index is 13.8. The van der Waals surface area contributed by atoms with E-state index in [-0.39, 0.29) is 17.9 Å². The summed E-state index contributed by atoms with van der Waals surface area (Å²) in [6, 6.07) is 18.9. The van der Waals surface area contributed by atoms with Gasteiger partial charge in [0.2, 0.25) is 0 Å². The number of aryl methyl sites for hydroxylation is 4. The normalized spacial score (nSPS) is 17.7. The van der Waals surface area contributed by atoms with Gasteiger partial charge < -0.3 is 14.8 Å². The summed E-state index contributed by atoms with van der Waals surface area (Å²) >= 11 is 5.83. The molecular weight excluding hydrogens is 455 g/mol. The number of pyridine rings is 1. The van der Waals surface area contributed by atoms with Gasteiger partial charge in [0.25, 0.3) is 0 Å². The van der Waals surface area contributed by atoms with Crippen LogP contribution in [0.15, 0.2) is 66.9 Å². The first kappa shape index (κ1) is 23.2. The number of rotatable bonds is 4. The lowest BCUT2D eigenvalue weighted by Gasteiger charge is -2.28. The van der Waals surface area contributed by atoms with Crippen LogP contribution in [-0.4, -0.2) is 14.7 Å². The maximum Gasteiger partial charge on any atom is 0.174 e. The van der Waals surface area contributed by atoms with Crippen LogP contribution in [-0.2, 0) is 0 Å². The summed E-state index contributed by atoms with van der Waals surface area (Å²) in [7, 11) is 0. The first-order chi connectivity index (χ1) is 16.8. The lowest BCUT2D eigenvalue weighted by Crippen LogP contribution is -2.29. The SMILES string of the molecule is Cc1cc(C)c(-n2c(C)cc(C3C(c4ccccn4)NC(=S)N3c3ccc(F)cc3)c2C)c(C)c1. The van der Waals surface area contributed by atoms with Gasteiger partial charge in [-0.15, -0.1) is 0 Å². The predicted octanol–water partition coefficient (Wildman–Crippen LogP) is 6.73. The van der Waals surface area contributed by atoms with Gasteiger partial charge in [-0.2, -0.15) is 0 Å². The molecule has 1 N–H and O–H groups in total. The zero-order valence-corrected chi connectivity index (χ0v) is 21.4. The molecule has 1 fully saturated rings. The molecule has 2 unspecified atom stereocenters. The zero-order chi connectivity index (χ0) is 24.9. The Morgan fingerprint density at radius 1 is 0.914 bits per heavy atom. The molecule has 1 aliphatic rings. The van der Waals surface area contributed by atoms with Crippen LogP contribution in [0.2, 0.25) is 0 Å². The molecule has 5 rings (SSSR count). The number of thiocarbonyl (C=S) groups is 1. The third-order valence-electron chi connectivity index (χ3n) is 6.85. The number of aromatic nitrogens is 2. The highest BCUT2D eigenvalue weighted by molar-refractivity contribution is 7.80. The fraction of sp³-hybridized carbons (Fsp3) is 0.241. The van der Waals surface area contributed by atoms with Crippen molar-refractivity contribution in [3.8, 4) is 5.69 Å². The number of nitrogens with zero attached hydrogens (tertiary/aromatic N) is 3. The minimum Gasteiger partial charge on any atom is -0.351 e. The Morgan fingerprint density at radius 2 is 1.60 bits per heavy atom. The fourth-order valence-corrected chi connectivity index (χ4v) is 5.85. The van der Waals surface area contributed by atoms with Crippen LogP contribution < -0.4 is 10.2 Å². The zero-order valence-electron chi connectivity index (χ0n) is 20.6. The smallest absolute Gasteiger partial charge is 0.174 e. The van der Waals surface area contributed by atoms with E-state index in [1.807, 2.05) is 18.2 Å². The van der Waals surface area contributed by atoms with E-state index in [0.717, 1.165) is 28.3 Å². The lowest BCUT2D eigenvalue weighted by molar-refractivity contribution is 0.565. The Morgan fingerprint density at radius 3 is 2.23 bits per heavy atom. The summed E-state index contributed by atoms with van der Waals surface area (Å²) in [6.07, 6.45) is 1.81. The lowest BCUT2D eigenvalue weighted by atomic mass is 9.96. The van der Waals surface area contributed by atoms with E-state index in [1.54, 1.807) is 18.3 Å². The second-order valence-corrected chi connectivity index (χ2v) is 9.77. The molecule has 0 bridgehead atoms.